The highest BCUT2D eigenvalue weighted by Gasteiger charge is 2.36. The van der Waals surface area contributed by atoms with Crippen LogP contribution in [0.25, 0.3) is 0 Å². The van der Waals surface area contributed by atoms with Gasteiger partial charge in [-0.15, -0.1) is 5.06 Å². The Kier molecular flexibility index (Phi) is 13.9. The number of hydrogen-bond acceptors (Lipinski definition) is 13. The summed E-state index contributed by atoms with van der Waals surface area (Å²) in [6.07, 6.45) is -6.65. The summed E-state index contributed by atoms with van der Waals surface area (Å²) in [6, 6.07) is -1.44. The molecular formula is C25H38N4O13. The van der Waals surface area contributed by atoms with E-state index in [-0.39, 0.29) is 56.9 Å². The van der Waals surface area contributed by atoms with Crippen molar-refractivity contribution in [2.24, 2.45) is 0 Å². The number of likely N-dealkylation sites (tertiary alicyclic amines) is 1. The standard InChI is InChI=1S/C25H38N4O13/c30-13-16(32)24(40)23(39)15(31)12-26-17(33)6-5-14(25(41)42-29-21(37)9-10-22(29)38)27-18(34)4-2-1-3-11-28-19(35)7-8-20(28)36/h14-16,23-24,30-32,39-40H,1-13H2,(H,26,33)(H,27,34)/t14-,15-,16+,23+,24+/m0/s1. The Labute approximate surface area is 240 Å². The van der Waals surface area contributed by atoms with Gasteiger partial charge in [0.15, 0.2) is 0 Å². The molecule has 42 heavy (non-hydrogen) atoms. The Hall–Kier alpha value is -3.51. The average molecular weight is 603 g/mol. The molecule has 17 heteroatoms. The van der Waals surface area contributed by atoms with Crippen LogP contribution in [0.4, 0.5) is 0 Å². The lowest BCUT2D eigenvalue weighted by molar-refractivity contribution is -0.199. The third-order valence-corrected chi connectivity index (χ3v) is 6.74. The average Bonchev–Trinajstić information content (AvgIpc) is 3.46. The van der Waals surface area contributed by atoms with E-state index in [2.05, 4.69) is 10.6 Å². The molecule has 236 valence electrons. The van der Waals surface area contributed by atoms with Gasteiger partial charge < -0.3 is 41.0 Å². The summed E-state index contributed by atoms with van der Waals surface area (Å²) in [5.74, 6) is -4.46. The van der Waals surface area contributed by atoms with Crippen LogP contribution in [-0.4, -0.2) is 127 Å². The third kappa shape index (κ3) is 10.4. The summed E-state index contributed by atoms with van der Waals surface area (Å²) < 4.78 is 0. The van der Waals surface area contributed by atoms with Crippen molar-refractivity contribution in [1.29, 1.82) is 0 Å². The quantitative estimate of drug-likeness (QED) is 0.0586. The van der Waals surface area contributed by atoms with E-state index in [4.69, 9.17) is 9.94 Å². The van der Waals surface area contributed by atoms with E-state index >= 15 is 0 Å². The molecule has 0 aromatic heterocycles. The zero-order valence-corrected chi connectivity index (χ0v) is 23.0. The minimum absolute atomic E-state index is 0.0501. The lowest BCUT2D eigenvalue weighted by Crippen LogP contribution is -2.50. The monoisotopic (exact) mass is 602 g/mol. The van der Waals surface area contributed by atoms with Crippen LogP contribution in [0.1, 0.15) is 64.2 Å². The summed E-state index contributed by atoms with van der Waals surface area (Å²) in [5.41, 5.74) is 0. The third-order valence-electron chi connectivity index (χ3n) is 6.74. The number of nitrogens with zero attached hydrogens (tertiary/aromatic N) is 2. The molecule has 2 fully saturated rings. The number of carbonyl (C=O) groups is 7. The molecule has 17 nitrogen and oxygen atoms in total. The van der Waals surface area contributed by atoms with Crippen LogP contribution in [-0.2, 0) is 38.4 Å². The van der Waals surface area contributed by atoms with Crippen molar-refractivity contribution in [3.05, 3.63) is 0 Å². The van der Waals surface area contributed by atoms with E-state index in [1.165, 1.54) is 4.90 Å². The van der Waals surface area contributed by atoms with Crippen molar-refractivity contribution in [3.63, 3.8) is 0 Å². The van der Waals surface area contributed by atoms with E-state index in [1.807, 2.05) is 0 Å². The first-order valence-electron chi connectivity index (χ1n) is 13.7. The molecule has 7 N–H and O–H groups in total. The van der Waals surface area contributed by atoms with Gasteiger partial charge in [-0.1, -0.05) is 6.42 Å². The fourth-order valence-electron chi connectivity index (χ4n) is 4.20. The minimum Gasteiger partial charge on any atom is -0.394 e. The van der Waals surface area contributed by atoms with E-state index in [9.17, 15) is 54.0 Å². The smallest absolute Gasteiger partial charge is 0.355 e. The zero-order valence-electron chi connectivity index (χ0n) is 23.0. The summed E-state index contributed by atoms with van der Waals surface area (Å²) in [6.45, 7) is -1.20. The number of nitrogens with one attached hydrogen (secondary N) is 2. The number of imide groups is 2. The van der Waals surface area contributed by atoms with Gasteiger partial charge in [-0.05, 0) is 19.3 Å². The molecule has 5 atom stereocenters. The van der Waals surface area contributed by atoms with Gasteiger partial charge in [-0.25, -0.2) is 4.79 Å². The van der Waals surface area contributed by atoms with Gasteiger partial charge in [0.2, 0.25) is 23.6 Å². The molecule has 2 rings (SSSR count). The highest BCUT2D eigenvalue weighted by atomic mass is 16.7. The van der Waals surface area contributed by atoms with Gasteiger partial charge in [0.05, 0.1) is 12.7 Å². The highest BCUT2D eigenvalue weighted by molar-refractivity contribution is 6.02. The van der Waals surface area contributed by atoms with Gasteiger partial charge in [0.1, 0.15) is 24.4 Å². The van der Waals surface area contributed by atoms with E-state index in [1.54, 1.807) is 0 Å². The topological polar surface area (TPSA) is 260 Å². The van der Waals surface area contributed by atoms with Gasteiger partial charge in [0, 0.05) is 51.6 Å². The molecule has 0 aromatic carbocycles. The van der Waals surface area contributed by atoms with Crippen LogP contribution >= 0.6 is 0 Å². The van der Waals surface area contributed by atoms with Crippen molar-refractivity contribution >= 4 is 41.4 Å². The Bertz CT molecular complexity index is 990. The zero-order chi connectivity index (χ0) is 31.4. The van der Waals surface area contributed by atoms with Crippen LogP contribution in [0.5, 0.6) is 0 Å². The molecular weight excluding hydrogens is 564 g/mol. The first kappa shape index (κ1) is 34.7. The van der Waals surface area contributed by atoms with Crippen LogP contribution in [0, 0.1) is 0 Å². The SMILES string of the molecule is O=C(CC[C@H](NC(=O)CCCCCN1C(=O)CCC1=O)C(=O)ON1C(=O)CCC1=O)NC[C@H](O)[C@@H](O)[C@H](O)[C@H](O)CO. The van der Waals surface area contributed by atoms with Crippen LogP contribution < -0.4 is 10.6 Å². The molecule has 0 aromatic rings. The largest absolute Gasteiger partial charge is 0.394 e. The first-order valence-corrected chi connectivity index (χ1v) is 13.7. The number of aliphatic hydroxyl groups is 5. The Morgan fingerprint density at radius 3 is 1.93 bits per heavy atom. The van der Waals surface area contributed by atoms with Crippen LogP contribution in [0.2, 0.25) is 0 Å². The van der Waals surface area contributed by atoms with Crippen molar-refractivity contribution in [2.45, 2.75) is 94.7 Å². The Morgan fingerprint density at radius 2 is 1.33 bits per heavy atom. The Morgan fingerprint density at radius 1 is 0.762 bits per heavy atom. The number of hydroxylamine groups is 2. The number of aliphatic hydroxyl groups excluding tert-OH is 5. The van der Waals surface area contributed by atoms with Crippen molar-refractivity contribution in [1.82, 2.24) is 20.6 Å². The molecule has 0 unspecified atom stereocenters. The lowest BCUT2D eigenvalue weighted by Gasteiger charge is -2.25. The molecule has 2 aliphatic rings. The molecule has 0 bridgehead atoms. The molecule has 2 saturated heterocycles. The maximum Gasteiger partial charge on any atom is 0.355 e. The van der Waals surface area contributed by atoms with Gasteiger partial charge >= 0.3 is 5.97 Å². The predicted octanol–water partition coefficient (Wildman–Crippen LogP) is -3.88. The maximum absolute atomic E-state index is 12.7. The van der Waals surface area contributed by atoms with E-state index < -0.39 is 79.6 Å². The molecule has 2 heterocycles. The van der Waals surface area contributed by atoms with E-state index in [0.717, 1.165) is 0 Å². The Balaban J connectivity index is 1.86. The summed E-state index contributed by atoms with van der Waals surface area (Å²) >= 11 is 0. The second-order valence-electron chi connectivity index (χ2n) is 10.0. The predicted molar refractivity (Wildman–Crippen MR) is 137 cm³/mol. The summed E-state index contributed by atoms with van der Waals surface area (Å²) in [4.78, 5) is 90.5. The highest BCUT2D eigenvalue weighted by Crippen LogP contribution is 2.15. The van der Waals surface area contributed by atoms with Gasteiger partial charge in [0.25, 0.3) is 11.8 Å². The number of hydrogen-bond donors (Lipinski definition) is 7. The molecule has 6 amide bonds. The van der Waals surface area contributed by atoms with Crippen molar-refractivity contribution < 1.29 is 63.9 Å². The van der Waals surface area contributed by atoms with Crippen molar-refractivity contribution in [2.75, 3.05) is 19.7 Å². The van der Waals surface area contributed by atoms with Crippen LogP contribution in [0.15, 0.2) is 0 Å². The van der Waals surface area contributed by atoms with E-state index in [0.29, 0.717) is 24.3 Å². The molecule has 0 saturated carbocycles. The number of carbonyl (C=O) groups excluding carboxylic acids is 7. The molecule has 0 radical (unpaired) electrons. The number of unbranched alkanes of at least 4 members (excludes halogenated alkanes) is 2. The molecule has 0 spiro atoms. The normalized spacial score (nSPS) is 19.0. The van der Waals surface area contributed by atoms with Crippen molar-refractivity contribution in [3.8, 4) is 0 Å². The second kappa shape index (κ2) is 16.8. The van der Waals surface area contributed by atoms with Crippen LogP contribution in [0.3, 0.4) is 0 Å². The molecule has 0 aliphatic carbocycles. The van der Waals surface area contributed by atoms with Gasteiger partial charge in [-0.3, -0.25) is 33.7 Å². The first-order chi connectivity index (χ1) is 19.8. The summed E-state index contributed by atoms with van der Waals surface area (Å²) in [5, 5.41) is 52.6. The fraction of sp³-hybridized carbons (Fsp3) is 0.720. The second-order valence-corrected chi connectivity index (χ2v) is 10.0. The number of rotatable bonds is 18. The number of amides is 6. The molecule has 2 aliphatic heterocycles. The minimum atomic E-state index is -1.90. The maximum atomic E-state index is 12.7. The summed E-state index contributed by atoms with van der Waals surface area (Å²) in [7, 11) is 0. The fourth-order valence-corrected chi connectivity index (χ4v) is 4.20. The lowest BCUT2D eigenvalue weighted by atomic mass is 10.0. The van der Waals surface area contributed by atoms with Gasteiger partial charge in [-0.2, -0.15) is 0 Å².